The first kappa shape index (κ1) is 19.5. The highest BCUT2D eigenvalue weighted by molar-refractivity contribution is 5.68. The van der Waals surface area contributed by atoms with Crippen LogP contribution in [0, 0.1) is 33.6 Å². The normalized spacial score (nSPS) is 20.0. The molecule has 0 bridgehead atoms. The van der Waals surface area contributed by atoms with Crippen molar-refractivity contribution in [2.75, 3.05) is 7.05 Å². The Bertz CT molecular complexity index is 946. The molecule has 0 saturated carbocycles. The number of rotatable bonds is 5. The third kappa shape index (κ3) is 4.14. The summed E-state index contributed by atoms with van der Waals surface area (Å²) in [6.07, 6.45) is 9.01. The summed E-state index contributed by atoms with van der Waals surface area (Å²) in [6, 6.07) is 14.0. The van der Waals surface area contributed by atoms with E-state index in [9.17, 15) is 0 Å². The summed E-state index contributed by atoms with van der Waals surface area (Å²) in [5.41, 5.74) is 9.39. The lowest BCUT2D eigenvalue weighted by molar-refractivity contribution is 0.294. The molecule has 2 unspecified atom stereocenters. The molecule has 3 heteroatoms. The van der Waals surface area contributed by atoms with Crippen molar-refractivity contribution in [1.82, 2.24) is 9.91 Å². The first-order valence-corrected chi connectivity index (χ1v) is 10.4. The van der Waals surface area contributed by atoms with Crippen LogP contribution >= 0.6 is 0 Å². The van der Waals surface area contributed by atoms with Gasteiger partial charge in [0.2, 0.25) is 0 Å². The molecular weight excluding hydrogens is 354 g/mol. The van der Waals surface area contributed by atoms with Crippen molar-refractivity contribution in [3.63, 3.8) is 0 Å². The molecule has 0 aromatic heterocycles. The summed E-state index contributed by atoms with van der Waals surface area (Å²) >= 11 is 0. The van der Waals surface area contributed by atoms with Crippen LogP contribution in [-0.4, -0.2) is 29.2 Å². The minimum Gasteiger partial charge on any atom is -0.363 e. The van der Waals surface area contributed by atoms with E-state index in [4.69, 9.17) is 0 Å². The van der Waals surface area contributed by atoms with Crippen molar-refractivity contribution in [3.8, 4) is 0 Å². The van der Waals surface area contributed by atoms with Crippen LogP contribution in [0.15, 0.2) is 65.4 Å². The van der Waals surface area contributed by atoms with Gasteiger partial charge in [0.25, 0.3) is 0 Å². The number of benzene rings is 2. The maximum Gasteiger partial charge on any atom is 0.0765 e. The molecule has 0 fully saturated rings. The molecule has 4 rings (SSSR count). The van der Waals surface area contributed by atoms with Crippen molar-refractivity contribution >= 4 is 6.21 Å². The molecule has 2 aromatic rings. The highest BCUT2D eigenvalue weighted by Crippen LogP contribution is 2.28. The number of nitrogens with zero attached hydrogens (tertiary/aromatic N) is 3. The molecule has 0 spiro atoms. The van der Waals surface area contributed by atoms with Gasteiger partial charge in [0.05, 0.1) is 6.04 Å². The van der Waals surface area contributed by atoms with Gasteiger partial charge in [0.15, 0.2) is 0 Å². The first-order chi connectivity index (χ1) is 13.9. The van der Waals surface area contributed by atoms with Crippen molar-refractivity contribution in [2.45, 2.75) is 46.8 Å². The highest BCUT2D eigenvalue weighted by atomic mass is 15.5. The summed E-state index contributed by atoms with van der Waals surface area (Å²) in [7, 11) is 2.05. The number of hydrogen-bond donors (Lipinski definition) is 0. The number of aryl methyl sites for hydroxylation is 4. The van der Waals surface area contributed by atoms with Gasteiger partial charge in [-0.25, -0.2) is 0 Å². The molecule has 3 nitrogen and oxygen atoms in total. The number of allylic oxidation sites excluding steroid dienone is 1. The van der Waals surface area contributed by atoms with Crippen LogP contribution in [0.4, 0.5) is 0 Å². The van der Waals surface area contributed by atoms with Crippen LogP contribution in [-0.2, 0) is 13.1 Å². The van der Waals surface area contributed by atoms with Gasteiger partial charge in [-0.2, -0.15) is 5.10 Å². The fourth-order valence-electron chi connectivity index (χ4n) is 4.13. The Labute approximate surface area is 175 Å². The molecule has 1 heterocycles. The van der Waals surface area contributed by atoms with Gasteiger partial charge in [-0.3, -0.25) is 5.01 Å². The molecule has 1 aliphatic carbocycles. The third-order valence-electron chi connectivity index (χ3n) is 6.33. The van der Waals surface area contributed by atoms with E-state index in [0.29, 0.717) is 12.0 Å². The molecule has 2 aromatic carbocycles. The smallest absolute Gasteiger partial charge is 0.0765 e. The van der Waals surface area contributed by atoms with Gasteiger partial charge in [0, 0.05) is 38.0 Å². The van der Waals surface area contributed by atoms with E-state index < -0.39 is 0 Å². The first-order valence-electron chi connectivity index (χ1n) is 10.4. The van der Waals surface area contributed by atoms with Gasteiger partial charge in [-0.1, -0.05) is 48.6 Å². The summed E-state index contributed by atoms with van der Waals surface area (Å²) in [6.45, 7) is 10.5. The van der Waals surface area contributed by atoms with Crippen LogP contribution in [0.3, 0.4) is 0 Å². The Morgan fingerprint density at radius 2 is 1.45 bits per heavy atom. The fraction of sp³-hybridized carbons (Fsp3) is 0.346. The lowest BCUT2D eigenvalue weighted by Crippen LogP contribution is -2.31. The van der Waals surface area contributed by atoms with E-state index in [-0.39, 0.29) is 0 Å². The van der Waals surface area contributed by atoms with E-state index in [1.54, 1.807) is 0 Å². The van der Waals surface area contributed by atoms with Gasteiger partial charge >= 0.3 is 0 Å². The highest BCUT2D eigenvalue weighted by Gasteiger charge is 2.28. The fourth-order valence-corrected chi connectivity index (χ4v) is 4.13. The third-order valence-corrected chi connectivity index (χ3v) is 6.33. The van der Waals surface area contributed by atoms with E-state index in [1.807, 2.05) is 12.1 Å². The molecule has 150 valence electrons. The van der Waals surface area contributed by atoms with Gasteiger partial charge < -0.3 is 4.90 Å². The predicted molar refractivity (Wildman–Crippen MR) is 122 cm³/mol. The monoisotopic (exact) mass is 385 g/mol. The number of hydrogen-bond acceptors (Lipinski definition) is 3. The topological polar surface area (TPSA) is 18.8 Å². The summed E-state index contributed by atoms with van der Waals surface area (Å²) < 4.78 is 0. The second-order valence-corrected chi connectivity index (χ2v) is 8.55. The molecular formula is C26H31N3. The summed E-state index contributed by atoms with van der Waals surface area (Å²) in [5, 5.41) is 6.53. The quantitative estimate of drug-likeness (QED) is 0.696. The Morgan fingerprint density at radius 3 is 2.00 bits per heavy atom. The molecule has 2 atom stereocenters. The number of fused-ring (bicyclic) bond motifs is 1. The zero-order valence-electron chi connectivity index (χ0n) is 18.2. The van der Waals surface area contributed by atoms with Crippen molar-refractivity contribution < 1.29 is 0 Å². The summed E-state index contributed by atoms with van der Waals surface area (Å²) in [4.78, 5) is 2.49. The maximum absolute atomic E-state index is 4.48. The molecule has 2 aliphatic rings. The standard InChI is InChI=1S/C26H31N3/c1-18-6-8-22(12-20(18)3)16-29(17-23-9-7-19(2)21(4)13-23)25-10-11-26-24(14-25)15-27-28(26)5/h6-15,24,26H,16-17H2,1-5H3. The molecule has 0 amide bonds. The lowest BCUT2D eigenvalue weighted by atomic mass is 9.94. The molecule has 0 N–H and O–H groups in total. The average molecular weight is 386 g/mol. The van der Waals surface area contributed by atoms with E-state index in [1.165, 1.54) is 39.1 Å². The zero-order chi connectivity index (χ0) is 20.5. The second-order valence-electron chi connectivity index (χ2n) is 8.55. The van der Waals surface area contributed by atoms with Gasteiger partial charge in [0.1, 0.15) is 0 Å². The molecule has 29 heavy (non-hydrogen) atoms. The average Bonchev–Trinajstić information content (AvgIpc) is 3.07. The number of hydrazone groups is 1. The maximum atomic E-state index is 4.48. The number of likely N-dealkylation sites (N-methyl/N-ethyl adjacent to an activating group) is 1. The largest absolute Gasteiger partial charge is 0.363 e. The Hall–Kier alpha value is -2.81. The Balaban J connectivity index is 1.64. The lowest BCUT2D eigenvalue weighted by Gasteiger charge is -2.31. The summed E-state index contributed by atoms with van der Waals surface area (Å²) in [5.74, 6) is 0.349. The van der Waals surface area contributed by atoms with Crippen LogP contribution in [0.2, 0.25) is 0 Å². The van der Waals surface area contributed by atoms with E-state index in [0.717, 1.165) is 13.1 Å². The van der Waals surface area contributed by atoms with Crippen LogP contribution in [0.25, 0.3) is 0 Å². The minimum atomic E-state index is 0.349. The van der Waals surface area contributed by atoms with Gasteiger partial charge in [-0.15, -0.1) is 0 Å². The Morgan fingerprint density at radius 1 is 0.862 bits per heavy atom. The second kappa shape index (κ2) is 7.90. The van der Waals surface area contributed by atoms with E-state index in [2.05, 4.69) is 98.5 Å². The van der Waals surface area contributed by atoms with Crippen LogP contribution in [0.1, 0.15) is 33.4 Å². The molecule has 1 aliphatic heterocycles. The van der Waals surface area contributed by atoms with Crippen molar-refractivity contribution in [2.24, 2.45) is 11.0 Å². The van der Waals surface area contributed by atoms with Gasteiger partial charge in [-0.05, 0) is 67.2 Å². The zero-order valence-corrected chi connectivity index (χ0v) is 18.2. The predicted octanol–water partition coefficient (Wildman–Crippen LogP) is 5.29. The molecule has 0 radical (unpaired) electrons. The SMILES string of the molecule is Cc1ccc(CN(Cc2ccc(C)c(C)c2)C2=CC3C=NN(C)C3C=C2)cc1C. The van der Waals surface area contributed by atoms with Crippen LogP contribution < -0.4 is 0 Å². The van der Waals surface area contributed by atoms with E-state index >= 15 is 0 Å². The minimum absolute atomic E-state index is 0.349. The molecule has 0 saturated heterocycles. The Kier molecular flexibility index (Phi) is 5.31. The van der Waals surface area contributed by atoms with Crippen molar-refractivity contribution in [1.29, 1.82) is 0 Å². The van der Waals surface area contributed by atoms with Crippen LogP contribution in [0.5, 0.6) is 0 Å². The van der Waals surface area contributed by atoms with Crippen molar-refractivity contribution in [3.05, 3.63) is 93.7 Å².